The molecule has 8 nitrogen and oxygen atoms in total. The Morgan fingerprint density at radius 1 is 1.03 bits per heavy atom. The van der Waals surface area contributed by atoms with Gasteiger partial charge in [0.25, 0.3) is 0 Å². The van der Waals surface area contributed by atoms with Gasteiger partial charge >= 0.3 is 0 Å². The normalized spacial score (nSPS) is 11.5. The molecule has 0 aliphatic rings. The molecule has 3 aromatic rings. The molecule has 0 aliphatic carbocycles. The second-order valence-corrected chi connectivity index (χ2v) is 7.20. The summed E-state index contributed by atoms with van der Waals surface area (Å²) in [7, 11) is 8.26. The van der Waals surface area contributed by atoms with Gasteiger partial charge in [-0.15, -0.1) is 0 Å². The summed E-state index contributed by atoms with van der Waals surface area (Å²) >= 11 is 0. The number of aromatic nitrogens is 2. The van der Waals surface area contributed by atoms with Gasteiger partial charge in [-0.3, -0.25) is 4.79 Å². The number of imidazole rings is 1. The van der Waals surface area contributed by atoms with Crippen LogP contribution in [0.2, 0.25) is 0 Å². The molecule has 0 bridgehead atoms. The lowest BCUT2D eigenvalue weighted by Crippen LogP contribution is -2.31. The molecule has 2 aromatic carbocycles. The molecule has 1 atom stereocenters. The zero-order chi connectivity index (χ0) is 23.1. The number of rotatable bonds is 10. The van der Waals surface area contributed by atoms with E-state index in [2.05, 4.69) is 10.3 Å². The van der Waals surface area contributed by atoms with Crippen molar-refractivity contribution < 1.29 is 23.7 Å². The molecule has 3 rings (SSSR count). The Morgan fingerprint density at radius 2 is 1.75 bits per heavy atom. The lowest BCUT2D eigenvalue weighted by molar-refractivity contribution is -0.121. The minimum absolute atomic E-state index is 0.121. The molecule has 0 spiro atoms. The number of hydrogen-bond donors (Lipinski definition) is 1. The Kier molecular flexibility index (Phi) is 7.59. The Labute approximate surface area is 188 Å². The van der Waals surface area contributed by atoms with Crippen LogP contribution in [0.3, 0.4) is 0 Å². The lowest BCUT2D eigenvalue weighted by Gasteiger charge is -2.21. The van der Waals surface area contributed by atoms with E-state index in [0.717, 1.165) is 11.1 Å². The van der Waals surface area contributed by atoms with E-state index in [1.165, 1.54) is 0 Å². The van der Waals surface area contributed by atoms with Crippen LogP contribution in [-0.4, -0.2) is 43.9 Å². The third-order valence-electron chi connectivity index (χ3n) is 5.23. The number of amides is 1. The molecule has 1 heterocycles. The lowest BCUT2D eigenvalue weighted by atomic mass is 10.0. The number of carbonyl (C=O) groups excluding carboxylic acids is 1. The average molecular weight is 440 g/mol. The van der Waals surface area contributed by atoms with Gasteiger partial charge < -0.3 is 28.8 Å². The fraction of sp³-hybridized carbons (Fsp3) is 0.333. The fourth-order valence-corrected chi connectivity index (χ4v) is 3.58. The number of para-hydroxylation sites is 1. The van der Waals surface area contributed by atoms with Gasteiger partial charge in [0.05, 0.1) is 28.4 Å². The summed E-state index contributed by atoms with van der Waals surface area (Å²) in [6.45, 7) is 0. The monoisotopic (exact) mass is 439 g/mol. The quantitative estimate of drug-likeness (QED) is 0.522. The molecule has 32 heavy (non-hydrogen) atoms. The molecule has 0 aliphatic heterocycles. The molecule has 1 aromatic heterocycles. The van der Waals surface area contributed by atoms with Crippen LogP contribution in [-0.2, 0) is 18.3 Å². The highest BCUT2D eigenvalue weighted by Gasteiger charge is 2.23. The summed E-state index contributed by atoms with van der Waals surface area (Å²) in [5.74, 6) is 3.13. The summed E-state index contributed by atoms with van der Waals surface area (Å²) in [5.41, 5.74) is 1.71. The third kappa shape index (κ3) is 5.14. The van der Waals surface area contributed by atoms with Crippen LogP contribution < -0.4 is 24.3 Å². The Balaban J connectivity index is 1.84. The number of ether oxygens (including phenoxy) is 4. The van der Waals surface area contributed by atoms with Crippen molar-refractivity contribution in [2.45, 2.75) is 18.9 Å². The molecule has 1 unspecified atom stereocenters. The Morgan fingerprint density at radius 3 is 2.31 bits per heavy atom. The number of methoxy groups -OCH3 is 4. The maximum atomic E-state index is 13.0. The number of benzene rings is 2. The van der Waals surface area contributed by atoms with Gasteiger partial charge in [-0.2, -0.15) is 0 Å². The van der Waals surface area contributed by atoms with Gasteiger partial charge in [-0.25, -0.2) is 4.98 Å². The van der Waals surface area contributed by atoms with Crippen LogP contribution in [0.25, 0.3) is 0 Å². The largest absolute Gasteiger partial charge is 0.497 e. The van der Waals surface area contributed by atoms with Gasteiger partial charge in [-0.05, 0) is 35.7 Å². The number of nitrogens with one attached hydrogen (secondary N) is 1. The number of hydrogen-bond acceptors (Lipinski definition) is 6. The van der Waals surface area contributed by atoms with E-state index in [4.69, 9.17) is 18.9 Å². The van der Waals surface area contributed by atoms with E-state index < -0.39 is 6.04 Å². The van der Waals surface area contributed by atoms with Crippen molar-refractivity contribution in [3.8, 4) is 23.0 Å². The van der Waals surface area contributed by atoms with Gasteiger partial charge in [0.1, 0.15) is 23.4 Å². The highest BCUT2D eigenvalue weighted by molar-refractivity contribution is 5.77. The van der Waals surface area contributed by atoms with Crippen molar-refractivity contribution >= 4 is 5.91 Å². The standard InChI is InChI=1S/C24H29N3O5/c1-27-12-11-25-24(27)22(17-13-18(29-2)15-19(14-17)30-3)26-21(28)10-9-16-7-6-8-20(31-4)23(16)32-5/h6-8,11-15,22H,9-10H2,1-5H3,(H,26,28). The zero-order valence-corrected chi connectivity index (χ0v) is 19.0. The van der Waals surface area contributed by atoms with E-state index in [0.29, 0.717) is 35.2 Å². The van der Waals surface area contributed by atoms with E-state index in [-0.39, 0.29) is 12.3 Å². The minimum Gasteiger partial charge on any atom is -0.497 e. The molecule has 0 saturated heterocycles. The number of carbonyl (C=O) groups is 1. The van der Waals surface area contributed by atoms with Crippen LogP contribution in [0, 0.1) is 0 Å². The molecule has 0 radical (unpaired) electrons. The van der Waals surface area contributed by atoms with Gasteiger partial charge in [0, 0.05) is 31.9 Å². The van der Waals surface area contributed by atoms with Crippen LogP contribution in [0.5, 0.6) is 23.0 Å². The summed E-state index contributed by atoms with van der Waals surface area (Å²) in [6, 6.07) is 10.7. The maximum Gasteiger partial charge on any atom is 0.221 e. The molecule has 170 valence electrons. The SMILES string of the molecule is COc1cc(OC)cc(C(NC(=O)CCc2cccc(OC)c2OC)c2nccn2C)c1. The first-order chi connectivity index (χ1) is 15.5. The van der Waals surface area contributed by atoms with Gasteiger partial charge in [-0.1, -0.05) is 12.1 Å². The van der Waals surface area contributed by atoms with E-state index in [9.17, 15) is 4.79 Å². The van der Waals surface area contributed by atoms with Gasteiger partial charge in [0.2, 0.25) is 5.91 Å². The minimum atomic E-state index is -0.473. The summed E-state index contributed by atoms with van der Waals surface area (Å²) in [4.78, 5) is 17.4. The smallest absolute Gasteiger partial charge is 0.221 e. The first-order valence-corrected chi connectivity index (χ1v) is 10.2. The molecule has 0 saturated carbocycles. The summed E-state index contributed by atoms with van der Waals surface area (Å²) < 4.78 is 23.5. The second-order valence-electron chi connectivity index (χ2n) is 7.20. The topological polar surface area (TPSA) is 83.8 Å². The first-order valence-electron chi connectivity index (χ1n) is 10.2. The summed E-state index contributed by atoms with van der Waals surface area (Å²) in [6.07, 6.45) is 4.31. The number of aryl methyl sites for hydroxylation is 2. The fourth-order valence-electron chi connectivity index (χ4n) is 3.58. The molecule has 8 heteroatoms. The van der Waals surface area contributed by atoms with E-state index in [1.54, 1.807) is 40.7 Å². The average Bonchev–Trinajstić information content (AvgIpc) is 3.25. The highest BCUT2D eigenvalue weighted by atomic mass is 16.5. The zero-order valence-electron chi connectivity index (χ0n) is 19.0. The predicted molar refractivity (Wildman–Crippen MR) is 121 cm³/mol. The van der Waals surface area contributed by atoms with Crippen LogP contribution >= 0.6 is 0 Å². The molecular weight excluding hydrogens is 410 g/mol. The summed E-state index contributed by atoms with van der Waals surface area (Å²) in [5, 5.41) is 3.11. The molecular formula is C24H29N3O5. The van der Waals surface area contributed by atoms with Gasteiger partial charge in [0.15, 0.2) is 11.5 Å². The van der Waals surface area contributed by atoms with Crippen molar-refractivity contribution in [3.63, 3.8) is 0 Å². The van der Waals surface area contributed by atoms with Crippen LogP contribution in [0.4, 0.5) is 0 Å². The van der Waals surface area contributed by atoms with Crippen LogP contribution in [0.15, 0.2) is 48.8 Å². The Hall–Kier alpha value is -3.68. The van der Waals surface area contributed by atoms with Crippen molar-refractivity contribution in [1.29, 1.82) is 0 Å². The second kappa shape index (κ2) is 10.6. The number of nitrogens with zero attached hydrogens (tertiary/aromatic N) is 2. The van der Waals surface area contributed by atoms with E-state index >= 15 is 0 Å². The van der Waals surface area contributed by atoms with Crippen LogP contribution in [0.1, 0.15) is 29.4 Å². The Bertz CT molecular complexity index is 1040. The van der Waals surface area contributed by atoms with E-state index in [1.807, 2.05) is 48.1 Å². The van der Waals surface area contributed by atoms with Crippen molar-refractivity contribution in [1.82, 2.24) is 14.9 Å². The van der Waals surface area contributed by atoms with Crippen molar-refractivity contribution in [3.05, 3.63) is 65.7 Å². The van der Waals surface area contributed by atoms with Crippen molar-refractivity contribution in [2.24, 2.45) is 7.05 Å². The maximum absolute atomic E-state index is 13.0. The molecule has 0 fully saturated rings. The first kappa shape index (κ1) is 23.0. The van der Waals surface area contributed by atoms with Crippen molar-refractivity contribution in [2.75, 3.05) is 28.4 Å². The molecule has 1 amide bonds. The third-order valence-corrected chi connectivity index (χ3v) is 5.23. The predicted octanol–water partition coefficient (Wildman–Crippen LogP) is 3.29. The molecule has 1 N–H and O–H groups in total. The highest BCUT2D eigenvalue weighted by Crippen LogP contribution is 2.32.